The van der Waals surface area contributed by atoms with Crippen LogP contribution in [0.5, 0.6) is 0 Å². The summed E-state index contributed by atoms with van der Waals surface area (Å²) < 4.78 is 2.25. The van der Waals surface area contributed by atoms with Crippen molar-refractivity contribution in [1.29, 1.82) is 0 Å². The monoisotopic (exact) mass is 719 g/mol. The van der Waals surface area contributed by atoms with Crippen LogP contribution < -0.4 is 0 Å². The van der Waals surface area contributed by atoms with E-state index < -0.39 is 0 Å². The Morgan fingerprint density at radius 2 is 0.875 bits per heavy atom. The number of benzene rings is 7. The fourth-order valence-corrected chi connectivity index (χ4v) is 7.17. The van der Waals surface area contributed by atoms with Gasteiger partial charge in [0.15, 0.2) is 17.5 Å². The number of aromatic nitrogens is 4. The summed E-state index contributed by atoms with van der Waals surface area (Å²) in [7, 11) is 0. The Kier molecular flexibility index (Phi) is 9.24. The highest BCUT2D eigenvalue weighted by Crippen LogP contribution is 2.36. The molecule has 2 heterocycles. The molecule has 0 fully saturated rings. The van der Waals surface area contributed by atoms with Crippen LogP contribution in [0.3, 0.4) is 0 Å². The smallest absolute Gasteiger partial charge is 0.164 e. The van der Waals surface area contributed by atoms with Crippen molar-refractivity contribution in [3.63, 3.8) is 0 Å². The lowest BCUT2D eigenvalue weighted by atomic mass is 10.0. The average molecular weight is 720 g/mol. The zero-order valence-corrected chi connectivity index (χ0v) is 30.9. The van der Waals surface area contributed by atoms with Gasteiger partial charge in [0, 0.05) is 33.0 Å². The van der Waals surface area contributed by atoms with Crippen molar-refractivity contribution < 1.29 is 0 Å². The summed E-state index contributed by atoms with van der Waals surface area (Å²) in [6.07, 6.45) is 2.07. The van der Waals surface area contributed by atoms with Crippen LogP contribution in [0.15, 0.2) is 206 Å². The third-order valence-electron chi connectivity index (χ3n) is 9.96. The number of fused-ring (bicyclic) bond motifs is 3. The number of nitrogens with zero attached hydrogens (tertiary/aromatic N) is 5. The van der Waals surface area contributed by atoms with Crippen molar-refractivity contribution in [1.82, 2.24) is 19.5 Å². The van der Waals surface area contributed by atoms with E-state index in [4.69, 9.17) is 19.9 Å². The van der Waals surface area contributed by atoms with Gasteiger partial charge in [0.25, 0.3) is 0 Å². The van der Waals surface area contributed by atoms with E-state index in [-0.39, 0.29) is 0 Å². The minimum absolute atomic E-state index is 0.610. The maximum absolute atomic E-state index is 5.35. The van der Waals surface area contributed by atoms with Gasteiger partial charge in [-0.3, -0.25) is 4.57 Å². The standard InChI is InChI=1S/C51H37N5/c1-35(37-18-8-3-9-19-37)32-46(39-22-12-5-13-23-39)52-36(2)56-47-30-28-42(38-20-10-4-11-21-38)33-44(47)45-34-43(29-31-48(45)56)51-54-49(40-24-14-6-15-25-40)53-50(55-51)41-26-16-7-17-27-41/h3-34H,1H2,2H3/b46-32-,52-36?. The van der Waals surface area contributed by atoms with E-state index in [0.29, 0.717) is 17.5 Å². The molecule has 0 aliphatic heterocycles. The molecule has 2 aromatic heterocycles. The van der Waals surface area contributed by atoms with Gasteiger partial charge in [-0.05, 0) is 65.6 Å². The highest BCUT2D eigenvalue weighted by Gasteiger charge is 2.18. The summed E-state index contributed by atoms with van der Waals surface area (Å²) in [4.78, 5) is 20.4. The molecular weight excluding hydrogens is 683 g/mol. The average Bonchev–Trinajstić information content (AvgIpc) is 3.60. The maximum Gasteiger partial charge on any atom is 0.164 e. The molecule has 9 rings (SSSR count). The van der Waals surface area contributed by atoms with Crippen LogP contribution in [0.1, 0.15) is 18.1 Å². The van der Waals surface area contributed by atoms with E-state index in [1.54, 1.807) is 0 Å². The van der Waals surface area contributed by atoms with Crippen molar-refractivity contribution >= 4 is 38.9 Å². The molecule has 0 saturated carbocycles. The Bertz CT molecular complexity index is 2840. The normalized spacial score (nSPS) is 11.9. The second-order valence-corrected chi connectivity index (χ2v) is 13.6. The van der Waals surface area contributed by atoms with Gasteiger partial charge in [-0.15, -0.1) is 0 Å². The van der Waals surface area contributed by atoms with Crippen molar-refractivity contribution in [2.24, 2.45) is 4.99 Å². The number of hydrogen-bond acceptors (Lipinski definition) is 4. The van der Waals surface area contributed by atoms with Crippen LogP contribution in [-0.2, 0) is 0 Å². The van der Waals surface area contributed by atoms with Gasteiger partial charge in [-0.2, -0.15) is 0 Å². The molecule has 9 aromatic rings. The molecule has 0 bridgehead atoms. The van der Waals surface area contributed by atoms with Crippen molar-refractivity contribution in [3.8, 4) is 45.3 Å². The number of hydrogen-bond donors (Lipinski definition) is 0. The van der Waals surface area contributed by atoms with Gasteiger partial charge in [0.1, 0.15) is 5.84 Å². The number of rotatable bonds is 8. The Balaban J connectivity index is 1.25. The number of aliphatic imine (C=N–C) groups is 1. The van der Waals surface area contributed by atoms with E-state index in [2.05, 4.69) is 109 Å². The highest BCUT2D eigenvalue weighted by molar-refractivity contribution is 6.16. The SMILES string of the molecule is C=C(/C=C(\N=C(C)n1c2ccc(-c3ccccc3)cc2c2cc(-c3nc(-c4ccccc4)nc(-c4ccccc4)n3)ccc21)c1ccccc1)c1ccccc1. The number of allylic oxidation sites excluding steroid dienone is 2. The van der Waals surface area contributed by atoms with E-state index in [9.17, 15) is 0 Å². The van der Waals surface area contributed by atoms with E-state index in [1.807, 2.05) is 103 Å². The molecule has 0 radical (unpaired) electrons. The minimum atomic E-state index is 0.610. The van der Waals surface area contributed by atoms with E-state index in [0.717, 1.165) is 77.9 Å². The van der Waals surface area contributed by atoms with E-state index >= 15 is 0 Å². The fraction of sp³-hybridized carbons (Fsp3) is 0.0196. The molecule has 0 aliphatic carbocycles. The Morgan fingerprint density at radius 1 is 0.464 bits per heavy atom. The lowest BCUT2D eigenvalue weighted by Crippen LogP contribution is -2.07. The lowest BCUT2D eigenvalue weighted by Gasteiger charge is -2.11. The lowest BCUT2D eigenvalue weighted by molar-refractivity contribution is 1.07. The van der Waals surface area contributed by atoms with Crippen LogP contribution in [0.25, 0.3) is 78.4 Å². The van der Waals surface area contributed by atoms with Gasteiger partial charge in [0.2, 0.25) is 0 Å². The third kappa shape index (κ3) is 6.86. The quantitative estimate of drug-likeness (QED) is 0.0892. The molecule has 0 unspecified atom stereocenters. The van der Waals surface area contributed by atoms with Gasteiger partial charge in [-0.25, -0.2) is 19.9 Å². The molecule has 7 aromatic carbocycles. The minimum Gasteiger partial charge on any atom is -0.297 e. The summed E-state index contributed by atoms with van der Waals surface area (Å²) in [6, 6.07) is 64.3. The first-order chi connectivity index (χ1) is 27.6. The Morgan fingerprint density at radius 3 is 1.39 bits per heavy atom. The molecular formula is C51H37N5. The Hall–Kier alpha value is -7.50. The van der Waals surface area contributed by atoms with Crippen LogP contribution in [0.4, 0.5) is 0 Å². The van der Waals surface area contributed by atoms with Gasteiger partial charge in [-0.1, -0.05) is 164 Å². The predicted molar refractivity (Wildman–Crippen MR) is 233 cm³/mol. The van der Waals surface area contributed by atoms with Crippen molar-refractivity contribution in [3.05, 3.63) is 212 Å². The van der Waals surface area contributed by atoms with Crippen molar-refractivity contribution in [2.45, 2.75) is 6.92 Å². The van der Waals surface area contributed by atoms with Crippen LogP contribution in [-0.4, -0.2) is 25.4 Å². The topological polar surface area (TPSA) is 56.0 Å². The van der Waals surface area contributed by atoms with Gasteiger partial charge < -0.3 is 0 Å². The Labute approximate surface area is 326 Å². The molecule has 0 amide bonds. The predicted octanol–water partition coefficient (Wildman–Crippen LogP) is 12.7. The molecule has 0 atom stereocenters. The fourth-order valence-electron chi connectivity index (χ4n) is 7.17. The molecule has 0 saturated heterocycles. The summed E-state index contributed by atoms with van der Waals surface area (Å²) in [5.74, 6) is 2.70. The summed E-state index contributed by atoms with van der Waals surface area (Å²) in [5, 5.41) is 2.18. The highest BCUT2D eigenvalue weighted by atomic mass is 15.1. The zero-order chi connectivity index (χ0) is 37.8. The molecule has 5 heteroatoms. The van der Waals surface area contributed by atoms with Crippen LogP contribution in [0.2, 0.25) is 0 Å². The summed E-state index contributed by atoms with van der Waals surface area (Å²) >= 11 is 0. The molecule has 0 N–H and O–H groups in total. The van der Waals surface area contributed by atoms with E-state index in [1.165, 1.54) is 0 Å². The maximum atomic E-state index is 5.35. The zero-order valence-electron chi connectivity index (χ0n) is 30.9. The first-order valence-electron chi connectivity index (χ1n) is 18.7. The first kappa shape index (κ1) is 34.3. The van der Waals surface area contributed by atoms with Gasteiger partial charge >= 0.3 is 0 Å². The van der Waals surface area contributed by atoms with Gasteiger partial charge in [0.05, 0.1) is 16.7 Å². The molecule has 5 nitrogen and oxygen atoms in total. The molecule has 56 heavy (non-hydrogen) atoms. The van der Waals surface area contributed by atoms with Crippen molar-refractivity contribution in [2.75, 3.05) is 0 Å². The molecule has 0 spiro atoms. The summed E-state index contributed by atoms with van der Waals surface area (Å²) in [5.41, 5.74) is 10.9. The first-order valence-corrected chi connectivity index (χ1v) is 18.7. The van der Waals surface area contributed by atoms with Crippen LogP contribution in [0, 0.1) is 0 Å². The second-order valence-electron chi connectivity index (χ2n) is 13.6. The third-order valence-corrected chi connectivity index (χ3v) is 9.96. The molecule has 0 aliphatic rings. The molecule has 266 valence electrons. The second kappa shape index (κ2) is 15.1. The largest absolute Gasteiger partial charge is 0.297 e. The van der Waals surface area contributed by atoms with Crippen LogP contribution >= 0.6 is 0 Å². The summed E-state index contributed by atoms with van der Waals surface area (Å²) in [6.45, 7) is 6.49.